The Kier molecular flexibility index (Phi) is 7.17. The SMILES string of the molecule is CC1(C)c2ccccc2-c2c(-c3nc(-c4ccc5ccccc5c4)nc(-c4ccc5c(c4)oc4cccc(-c6ccc(-c7ccccc7)cc6)c45)n3)cccc21. The molecule has 0 aliphatic heterocycles. The molecule has 0 radical (unpaired) electrons. The van der Waals surface area contributed by atoms with Crippen LogP contribution in [0.15, 0.2) is 180 Å². The van der Waals surface area contributed by atoms with Crippen molar-refractivity contribution < 1.29 is 4.42 Å². The molecule has 56 heavy (non-hydrogen) atoms. The monoisotopic (exact) mass is 717 g/mol. The van der Waals surface area contributed by atoms with E-state index in [1.807, 2.05) is 12.1 Å². The van der Waals surface area contributed by atoms with Crippen LogP contribution in [-0.4, -0.2) is 15.0 Å². The van der Waals surface area contributed by atoms with Gasteiger partial charge in [0.2, 0.25) is 0 Å². The number of hydrogen-bond acceptors (Lipinski definition) is 4. The molecule has 2 heterocycles. The zero-order chi connectivity index (χ0) is 37.4. The second-order valence-electron chi connectivity index (χ2n) is 15.2. The van der Waals surface area contributed by atoms with Crippen LogP contribution >= 0.6 is 0 Å². The lowest BCUT2D eigenvalue weighted by Gasteiger charge is -2.21. The second-order valence-corrected chi connectivity index (χ2v) is 15.2. The molecule has 11 rings (SSSR count). The molecule has 0 spiro atoms. The summed E-state index contributed by atoms with van der Waals surface area (Å²) in [5.41, 5.74) is 14.0. The average molecular weight is 718 g/mol. The Morgan fingerprint density at radius 3 is 1.82 bits per heavy atom. The molecule has 2 aromatic heterocycles. The summed E-state index contributed by atoms with van der Waals surface area (Å²) in [5, 5.41) is 4.46. The van der Waals surface area contributed by atoms with Crippen LogP contribution in [0, 0.1) is 0 Å². The number of furan rings is 1. The molecule has 0 N–H and O–H groups in total. The lowest BCUT2D eigenvalue weighted by Crippen LogP contribution is -2.14. The molecule has 0 bridgehead atoms. The van der Waals surface area contributed by atoms with E-state index < -0.39 is 0 Å². The van der Waals surface area contributed by atoms with Crippen molar-refractivity contribution in [3.8, 4) is 67.5 Å². The van der Waals surface area contributed by atoms with E-state index in [1.165, 1.54) is 38.8 Å². The van der Waals surface area contributed by atoms with Crippen LogP contribution in [0.5, 0.6) is 0 Å². The normalized spacial score (nSPS) is 13.0. The molecule has 264 valence electrons. The van der Waals surface area contributed by atoms with Crippen LogP contribution in [0.1, 0.15) is 25.0 Å². The van der Waals surface area contributed by atoms with Crippen molar-refractivity contribution >= 4 is 32.7 Å². The van der Waals surface area contributed by atoms with Gasteiger partial charge in [-0.2, -0.15) is 0 Å². The molecule has 4 heteroatoms. The van der Waals surface area contributed by atoms with Crippen molar-refractivity contribution in [2.45, 2.75) is 19.3 Å². The standard InChI is InChI=1S/C52H35N3O/c1-52(2)43-19-9-8-16-40(43)47-42(18-10-20-44(47)52)51-54-49(37-27-24-33-14-6-7-15-36(33)30-37)53-50(55-51)38-28-29-41-46(31-38)56-45-21-11-17-39(48(41)45)35-25-22-34(23-26-35)32-12-4-3-5-13-32/h3-31H,1-2H3. The molecule has 0 fully saturated rings. The van der Waals surface area contributed by atoms with E-state index in [9.17, 15) is 0 Å². The molecule has 0 saturated carbocycles. The maximum atomic E-state index is 6.60. The molecule has 0 amide bonds. The minimum Gasteiger partial charge on any atom is -0.456 e. The van der Waals surface area contributed by atoms with Gasteiger partial charge in [0.25, 0.3) is 0 Å². The summed E-state index contributed by atoms with van der Waals surface area (Å²) in [6.45, 7) is 4.60. The smallest absolute Gasteiger partial charge is 0.164 e. The second kappa shape index (κ2) is 12.4. The van der Waals surface area contributed by atoms with Crippen molar-refractivity contribution in [1.82, 2.24) is 15.0 Å². The van der Waals surface area contributed by atoms with Gasteiger partial charge in [-0.05, 0) is 79.5 Å². The maximum Gasteiger partial charge on any atom is 0.164 e. The molecule has 0 atom stereocenters. The summed E-state index contributed by atoms with van der Waals surface area (Å²) < 4.78 is 6.60. The molecule has 10 aromatic rings. The molecule has 4 nitrogen and oxygen atoms in total. The number of aromatic nitrogens is 3. The zero-order valence-corrected chi connectivity index (χ0v) is 31.0. The van der Waals surface area contributed by atoms with Gasteiger partial charge in [-0.15, -0.1) is 0 Å². The van der Waals surface area contributed by atoms with E-state index in [4.69, 9.17) is 19.4 Å². The Morgan fingerprint density at radius 1 is 0.393 bits per heavy atom. The van der Waals surface area contributed by atoms with Gasteiger partial charge >= 0.3 is 0 Å². The van der Waals surface area contributed by atoms with Gasteiger partial charge in [0.15, 0.2) is 17.5 Å². The summed E-state index contributed by atoms with van der Waals surface area (Å²) in [4.78, 5) is 15.6. The maximum absolute atomic E-state index is 6.60. The summed E-state index contributed by atoms with van der Waals surface area (Å²) >= 11 is 0. The average Bonchev–Trinajstić information content (AvgIpc) is 3.75. The van der Waals surface area contributed by atoms with Crippen LogP contribution in [-0.2, 0) is 5.41 Å². The fourth-order valence-corrected chi connectivity index (χ4v) is 8.70. The van der Waals surface area contributed by atoms with Crippen molar-refractivity contribution in [2.75, 3.05) is 0 Å². The molecule has 1 aliphatic rings. The van der Waals surface area contributed by atoms with Crippen LogP contribution in [0.4, 0.5) is 0 Å². The first kappa shape index (κ1) is 32.3. The van der Waals surface area contributed by atoms with E-state index >= 15 is 0 Å². The predicted molar refractivity (Wildman–Crippen MR) is 229 cm³/mol. The molecular formula is C52H35N3O. The molecule has 0 saturated heterocycles. The lowest BCUT2D eigenvalue weighted by molar-refractivity contribution is 0.660. The largest absolute Gasteiger partial charge is 0.456 e. The van der Waals surface area contributed by atoms with Crippen molar-refractivity contribution in [3.05, 3.63) is 187 Å². The molecule has 0 unspecified atom stereocenters. The minimum atomic E-state index is -0.145. The minimum absolute atomic E-state index is 0.145. The quantitative estimate of drug-likeness (QED) is 0.178. The molecule has 1 aliphatic carbocycles. The van der Waals surface area contributed by atoms with Gasteiger partial charge in [-0.3, -0.25) is 0 Å². The van der Waals surface area contributed by atoms with Gasteiger partial charge in [0.05, 0.1) is 0 Å². The van der Waals surface area contributed by atoms with E-state index in [0.29, 0.717) is 17.5 Å². The summed E-state index contributed by atoms with van der Waals surface area (Å²) in [6, 6.07) is 61.9. The highest BCUT2D eigenvalue weighted by Crippen LogP contribution is 2.51. The van der Waals surface area contributed by atoms with Crippen LogP contribution < -0.4 is 0 Å². The van der Waals surface area contributed by atoms with E-state index in [2.05, 4.69) is 178 Å². The third-order valence-electron chi connectivity index (χ3n) is 11.5. The third kappa shape index (κ3) is 5.10. The lowest BCUT2D eigenvalue weighted by atomic mass is 9.82. The van der Waals surface area contributed by atoms with Crippen molar-refractivity contribution in [1.29, 1.82) is 0 Å². The molecule has 8 aromatic carbocycles. The number of fused-ring (bicyclic) bond motifs is 7. The Hall–Kier alpha value is -7.17. The Bertz CT molecular complexity index is 3160. The highest BCUT2D eigenvalue weighted by molar-refractivity contribution is 6.13. The first-order valence-electron chi connectivity index (χ1n) is 19.1. The summed E-state index contributed by atoms with van der Waals surface area (Å²) in [7, 11) is 0. The summed E-state index contributed by atoms with van der Waals surface area (Å²) in [5.74, 6) is 1.87. The van der Waals surface area contributed by atoms with E-state index in [-0.39, 0.29) is 5.41 Å². The molecular weight excluding hydrogens is 683 g/mol. The Balaban J connectivity index is 1.07. The van der Waals surface area contributed by atoms with Crippen molar-refractivity contribution in [2.24, 2.45) is 0 Å². The first-order chi connectivity index (χ1) is 27.5. The van der Waals surface area contributed by atoms with E-state index in [0.717, 1.165) is 55.1 Å². The first-order valence-corrected chi connectivity index (χ1v) is 19.1. The fraction of sp³-hybridized carbons (Fsp3) is 0.0577. The van der Waals surface area contributed by atoms with Gasteiger partial charge in [-0.1, -0.05) is 166 Å². The fourth-order valence-electron chi connectivity index (χ4n) is 8.70. The Morgan fingerprint density at radius 2 is 0.982 bits per heavy atom. The van der Waals surface area contributed by atoms with Crippen LogP contribution in [0.3, 0.4) is 0 Å². The van der Waals surface area contributed by atoms with Gasteiger partial charge in [-0.25, -0.2) is 15.0 Å². The van der Waals surface area contributed by atoms with Gasteiger partial charge in [0, 0.05) is 32.9 Å². The topological polar surface area (TPSA) is 51.8 Å². The number of nitrogens with zero attached hydrogens (tertiary/aromatic N) is 3. The number of rotatable bonds is 5. The number of benzene rings is 8. The van der Waals surface area contributed by atoms with E-state index in [1.54, 1.807) is 0 Å². The highest BCUT2D eigenvalue weighted by atomic mass is 16.3. The third-order valence-corrected chi connectivity index (χ3v) is 11.5. The van der Waals surface area contributed by atoms with Crippen LogP contribution in [0.2, 0.25) is 0 Å². The zero-order valence-electron chi connectivity index (χ0n) is 31.0. The van der Waals surface area contributed by atoms with Gasteiger partial charge < -0.3 is 4.42 Å². The van der Waals surface area contributed by atoms with Gasteiger partial charge in [0.1, 0.15) is 11.2 Å². The van der Waals surface area contributed by atoms with Crippen molar-refractivity contribution in [3.63, 3.8) is 0 Å². The Labute approximate surface area is 324 Å². The van der Waals surface area contributed by atoms with Crippen LogP contribution in [0.25, 0.3) is 100 Å². The highest BCUT2D eigenvalue weighted by Gasteiger charge is 2.37. The number of hydrogen-bond donors (Lipinski definition) is 0. The predicted octanol–water partition coefficient (Wildman–Crippen LogP) is 13.6. The summed E-state index contributed by atoms with van der Waals surface area (Å²) in [6.07, 6.45) is 0.